The van der Waals surface area contributed by atoms with Gasteiger partial charge in [-0.25, -0.2) is 0 Å². The summed E-state index contributed by atoms with van der Waals surface area (Å²) in [4.78, 5) is 0. The molecule has 112 valence electrons. The Bertz CT molecular complexity index is 429. The molecule has 0 spiro atoms. The van der Waals surface area contributed by atoms with E-state index in [2.05, 4.69) is 5.32 Å². The Morgan fingerprint density at radius 3 is 2.65 bits per heavy atom. The number of benzene rings is 1. The minimum absolute atomic E-state index is 0.192. The van der Waals surface area contributed by atoms with E-state index in [0.717, 1.165) is 18.9 Å². The topological polar surface area (TPSA) is 21.3 Å². The summed E-state index contributed by atoms with van der Waals surface area (Å²) in [5.41, 5.74) is 0.0162. The molecule has 5 heteroatoms. The zero-order chi connectivity index (χ0) is 14.6. The van der Waals surface area contributed by atoms with Gasteiger partial charge in [-0.3, -0.25) is 0 Å². The number of hydrogen-bond acceptors (Lipinski definition) is 2. The van der Waals surface area contributed by atoms with Crippen LogP contribution >= 0.6 is 0 Å². The fourth-order valence-corrected chi connectivity index (χ4v) is 2.22. The van der Waals surface area contributed by atoms with Gasteiger partial charge >= 0.3 is 6.18 Å². The van der Waals surface area contributed by atoms with E-state index in [-0.39, 0.29) is 12.1 Å². The van der Waals surface area contributed by atoms with Crippen molar-refractivity contribution < 1.29 is 17.9 Å². The molecule has 20 heavy (non-hydrogen) atoms. The molecule has 0 radical (unpaired) electrons. The molecule has 1 aliphatic carbocycles. The van der Waals surface area contributed by atoms with Crippen molar-refractivity contribution in [1.29, 1.82) is 0 Å². The molecule has 1 unspecified atom stereocenters. The van der Waals surface area contributed by atoms with E-state index in [1.54, 1.807) is 6.07 Å². The fourth-order valence-electron chi connectivity index (χ4n) is 2.22. The normalized spacial score (nSPS) is 17.8. The van der Waals surface area contributed by atoms with Gasteiger partial charge in [0.2, 0.25) is 0 Å². The molecular formula is C15H20F3NO. The maximum absolute atomic E-state index is 12.7. The fraction of sp³-hybridized carbons (Fsp3) is 0.600. The van der Waals surface area contributed by atoms with Crippen LogP contribution < -0.4 is 5.32 Å². The zero-order valence-corrected chi connectivity index (χ0v) is 11.5. The summed E-state index contributed by atoms with van der Waals surface area (Å²) < 4.78 is 44.0. The molecule has 1 fully saturated rings. The van der Waals surface area contributed by atoms with Crippen LogP contribution in [-0.2, 0) is 10.9 Å². The average Bonchev–Trinajstić information content (AvgIpc) is 2.35. The van der Waals surface area contributed by atoms with E-state index in [0.29, 0.717) is 18.7 Å². The monoisotopic (exact) mass is 287 g/mol. The molecule has 1 saturated carbocycles. The van der Waals surface area contributed by atoms with Gasteiger partial charge in [-0.15, -0.1) is 0 Å². The molecule has 2 rings (SSSR count). The van der Waals surface area contributed by atoms with E-state index in [9.17, 15) is 13.2 Å². The van der Waals surface area contributed by atoms with E-state index in [4.69, 9.17) is 4.74 Å². The van der Waals surface area contributed by atoms with Gasteiger partial charge < -0.3 is 10.1 Å². The van der Waals surface area contributed by atoms with Crippen LogP contribution in [0.1, 0.15) is 43.4 Å². The molecule has 0 bridgehead atoms. The number of rotatable bonds is 6. The quantitative estimate of drug-likeness (QED) is 0.856. The summed E-state index contributed by atoms with van der Waals surface area (Å²) in [6, 6.07) is 5.28. The van der Waals surface area contributed by atoms with Crippen molar-refractivity contribution in [1.82, 2.24) is 5.32 Å². The molecular weight excluding hydrogens is 267 g/mol. The summed E-state index contributed by atoms with van der Waals surface area (Å²) in [5.74, 6) is 0. The van der Waals surface area contributed by atoms with E-state index < -0.39 is 11.7 Å². The predicted octanol–water partition coefficient (Wildman–Crippen LogP) is 3.93. The van der Waals surface area contributed by atoms with Gasteiger partial charge in [0.05, 0.1) is 24.3 Å². The third-order valence-corrected chi connectivity index (χ3v) is 3.62. The van der Waals surface area contributed by atoms with E-state index in [1.807, 2.05) is 6.92 Å². The molecule has 0 aliphatic heterocycles. The summed E-state index contributed by atoms with van der Waals surface area (Å²) in [5, 5.41) is 3.19. The van der Waals surface area contributed by atoms with Gasteiger partial charge in [0.25, 0.3) is 0 Å². The SMILES string of the molecule is CCNC(COC1CCC1)c1cccc(C(F)(F)F)c1. The van der Waals surface area contributed by atoms with E-state index in [1.165, 1.54) is 18.6 Å². The lowest BCUT2D eigenvalue weighted by Gasteiger charge is -2.28. The van der Waals surface area contributed by atoms with Crippen molar-refractivity contribution in [3.63, 3.8) is 0 Å². The summed E-state index contributed by atoms with van der Waals surface area (Å²) in [7, 11) is 0. The lowest BCUT2D eigenvalue weighted by molar-refractivity contribution is -0.137. The Morgan fingerprint density at radius 1 is 1.35 bits per heavy atom. The number of likely N-dealkylation sites (N-methyl/N-ethyl adjacent to an activating group) is 1. The van der Waals surface area contributed by atoms with Crippen LogP contribution in [0.2, 0.25) is 0 Å². The molecule has 1 aliphatic rings. The highest BCUT2D eigenvalue weighted by Crippen LogP contribution is 2.31. The van der Waals surface area contributed by atoms with Crippen LogP contribution in [0, 0.1) is 0 Å². The summed E-state index contributed by atoms with van der Waals surface area (Å²) in [6.45, 7) is 3.04. The third-order valence-electron chi connectivity index (χ3n) is 3.62. The van der Waals surface area contributed by atoms with E-state index >= 15 is 0 Å². The van der Waals surface area contributed by atoms with Crippen LogP contribution in [0.25, 0.3) is 0 Å². The first kappa shape index (κ1) is 15.3. The van der Waals surface area contributed by atoms with Crippen LogP contribution in [0.15, 0.2) is 24.3 Å². The number of ether oxygens (including phenoxy) is 1. The van der Waals surface area contributed by atoms with Gasteiger partial charge in [0.1, 0.15) is 0 Å². The Balaban J connectivity index is 2.06. The molecule has 0 heterocycles. The second-order valence-corrected chi connectivity index (χ2v) is 5.12. The van der Waals surface area contributed by atoms with Gasteiger partial charge in [-0.1, -0.05) is 19.1 Å². The van der Waals surface area contributed by atoms with Crippen LogP contribution in [-0.4, -0.2) is 19.3 Å². The van der Waals surface area contributed by atoms with Crippen molar-refractivity contribution in [2.24, 2.45) is 0 Å². The predicted molar refractivity (Wildman–Crippen MR) is 71.5 cm³/mol. The lowest BCUT2D eigenvalue weighted by atomic mass is 9.96. The van der Waals surface area contributed by atoms with Crippen molar-refractivity contribution in [2.75, 3.05) is 13.2 Å². The highest BCUT2D eigenvalue weighted by molar-refractivity contribution is 5.28. The highest BCUT2D eigenvalue weighted by Gasteiger charge is 2.31. The molecule has 1 N–H and O–H groups in total. The van der Waals surface area contributed by atoms with Crippen molar-refractivity contribution in [3.8, 4) is 0 Å². The highest BCUT2D eigenvalue weighted by atomic mass is 19.4. The first-order valence-corrected chi connectivity index (χ1v) is 7.03. The summed E-state index contributed by atoms with van der Waals surface area (Å²) in [6.07, 6.45) is -0.730. The Kier molecular flexibility index (Phi) is 5.05. The summed E-state index contributed by atoms with van der Waals surface area (Å²) >= 11 is 0. The van der Waals surface area contributed by atoms with Gasteiger partial charge in [0, 0.05) is 0 Å². The minimum Gasteiger partial charge on any atom is -0.376 e. The second-order valence-electron chi connectivity index (χ2n) is 5.12. The average molecular weight is 287 g/mol. The van der Waals surface area contributed by atoms with Crippen molar-refractivity contribution >= 4 is 0 Å². The van der Waals surface area contributed by atoms with Crippen LogP contribution in [0.4, 0.5) is 13.2 Å². The van der Waals surface area contributed by atoms with Gasteiger partial charge in [-0.05, 0) is 43.5 Å². The smallest absolute Gasteiger partial charge is 0.376 e. The maximum atomic E-state index is 12.7. The molecule has 0 saturated heterocycles. The molecule has 1 atom stereocenters. The number of hydrogen-bond donors (Lipinski definition) is 1. The molecule has 2 nitrogen and oxygen atoms in total. The molecule has 1 aromatic carbocycles. The van der Waals surface area contributed by atoms with Crippen LogP contribution in [0.3, 0.4) is 0 Å². The molecule has 0 aromatic heterocycles. The molecule has 0 amide bonds. The largest absolute Gasteiger partial charge is 0.416 e. The van der Waals surface area contributed by atoms with Crippen LogP contribution in [0.5, 0.6) is 0 Å². The van der Waals surface area contributed by atoms with Crippen molar-refractivity contribution in [2.45, 2.75) is 44.5 Å². The first-order chi connectivity index (χ1) is 9.50. The number of alkyl halides is 3. The number of nitrogens with one attached hydrogen (secondary N) is 1. The second kappa shape index (κ2) is 6.59. The Morgan fingerprint density at radius 2 is 2.10 bits per heavy atom. The minimum atomic E-state index is -4.30. The Hall–Kier alpha value is -1.07. The third kappa shape index (κ3) is 3.96. The lowest BCUT2D eigenvalue weighted by Crippen LogP contribution is -2.30. The standard InChI is InChI=1S/C15H20F3NO/c1-2-19-14(10-20-13-7-4-8-13)11-5-3-6-12(9-11)15(16,17)18/h3,5-6,9,13-14,19H,2,4,7-8,10H2,1H3. The zero-order valence-electron chi connectivity index (χ0n) is 11.5. The van der Waals surface area contributed by atoms with Gasteiger partial charge in [0.15, 0.2) is 0 Å². The number of halogens is 3. The maximum Gasteiger partial charge on any atom is 0.416 e. The first-order valence-electron chi connectivity index (χ1n) is 7.03. The molecule has 1 aromatic rings. The Labute approximate surface area is 117 Å². The van der Waals surface area contributed by atoms with Crippen molar-refractivity contribution in [3.05, 3.63) is 35.4 Å². The van der Waals surface area contributed by atoms with Gasteiger partial charge in [-0.2, -0.15) is 13.2 Å².